The summed E-state index contributed by atoms with van der Waals surface area (Å²) in [5.74, 6) is -1.56. The largest absolute Gasteiger partial charge is 0.507 e. The number of aliphatic hydroxyl groups is 1. The molecule has 8 nitrogen and oxygen atoms in total. The van der Waals surface area contributed by atoms with Crippen LogP contribution in [0.4, 0.5) is 4.39 Å². The van der Waals surface area contributed by atoms with Gasteiger partial charge in [-0.3, -0.25) is 9.59 Å². The number of methoxy groups -OCH3 is 2. The minimum atomic E-state index is -0.969. The molecule has 2 N–H and O–H groups in total. The van der Waals surface area contributed by atoms with Gasteiger partial charge in [-0.2, -0.15) is 0 Å². The average molecular weight is 522 g/mol. The zero-order valence-electron chi connectivity index (χ0n) is 21.2. The maximum atomic E-state index is 13.4. The monoisotopic (exact) mass is 521 g/mol. The molecule has 0 aromatic heterocycles. The maximum absolute atomic E-state index is 13.4. The molecule has 0 aliphatic carbocycles. The Morgan fingerprint density at radius 1 is 0.947 bits per heavy atom. The molecule has 9 heteroatoms. The smallest absolute Gasteiger partial charge is 0.295 e. The van der Waals surface area contributed by atoms with Crippen LogP contribution < -0.4 is 14.2 Å². The summed E-state index contributed by atoms with van der Waals surface area (Å²) >= 11 is 0. The summed E-state index contributed by atoms with van der Waals surface area (Å²) < 4.78 is 29.5. The number of aromatic hydroxyl groups is 1. The summed E-state index contributed by atoms with van der Waals surface area (Å²) in [5, 5.41) is 21.6. The van der Waals surface area contributed by atoms with Crippen LogP contribution in [0, 0.1) is 5.82 Å². The van der Waals surface area contributed by atoms with Crippen molar-refractivity contribution in [3.63, 3.8) is 0 Å². The number of benzene rings is 3. The van der Waals surface area contributed by atoms with Crippen molar-refractivity contribution in [1.29, 1.82) is 0 Å². The molecule has 1 unspecified atom stereocenters. The number of hydrogen-bond acceptors (Lipinski definition) is 7. The minimum absolute atomic E-state index is 0.0984. The number of aliphatic hydroxyl groups excluding tert-OH is 1. The second kappa shape index (κ2) is 11.2. The van der Waals surface area contributed by atoms with Crippen LogP contribution in [0.2, 0.25) is 0 Å². The van der Waals surface area contributed by atoms with Gasteiger partial charge in [-0.1, -0.05) is 18.2 Å². The number of rotatable bonds is 9. The number of nitrogens with zero attached hydrogens (tertiary/aromatic N) is 1. The summed E-state index contributed by atoms with van der Waals surface area (Å²) in [4.78, 5) is 27.9. The Bertz CT molecular complexity index is 1380. The van der Waals surface area contributed by atoms with Crippen molar-refractivity contribution in [2.45, 2.75) is 19.4 Å². The van der Waals surface area contributed by atoms with Gasteiger partial charge in [0.15, 0.2) is 23.0 Å². The minimum Gasteiger partial charge on any atom is -0.507 e. The van der Waals surface area contributed by atoms with E-state index in [0.29, 0.717) is 23.5 Å². The summed E-state index contributed by atoms with van der Waals surface area (Å²) in [5.41, 5.74) is 1.38. The van der Waals surface area contributed by atoms with Gasteiger partial charge in [0.1, 0.15) is 11.6 Å². The third-order valence-corrected chi connectivity index (χ3v) is 6.35. The van der Waals surface area contributed by atoms with E-state index in [1.807, 2.05) is 0 Å². The van der Waals surface area contributed by atoms with Gasteiger partial charge in [0.2, 0.25) is 0 Å². The highest BCUT2D eigenvalue weighted by molar-refractivity contribution is 6.46. The summed E-state index contributed by atoms with van der Waals surface area (Å²) in [6.45, 7) is 2.17. The van der Waals surface area contributed by atoms with Gasteiger partial charge in [-0.05, 0) is 66.9 Å². The number of Topliss-reactive ketones (excluding diaryl/α,β-unsaturated/α-hetero) is 1. The van der Waals surface area contributed by atoms with Gasteiger partial charge >= 0.3 is 0 Å². The lowest BCUT2D eigenvalue weighted by atomic mass is 9.94. The first-order valence-electron chi connectivity index (χ1n) is 12.0. The fourth-order valence-electron chi connectivity index (χ4n) is 4.47. The third kappa shape index (κ3) is 5.13. The molecule has 1 fully saturated rings. The zero-order chi connectivity index (χ0) is 27.4. The molecule has 198 valence electrons. The number of ether oxygens (including phenoxy) is 3. The average Bonchev–Trinajstić information content (AvgIpc) is 3.18. The number of amides is 1. The highest BCUT2D eigenvalue weighted by Crippen LogP contribution is 2.42. The van der Waals surface area contributed by atoms with Crippen molar-refractivity contribution in [2.24, 2.45) is 0 Å². The van der Waals surface area contributed by atoms with Crippen LogP contribution in [0.25, 0.3) is 5.76 Å². The van der Waals surface area contributed by atoms with Crippen LogP contribution in [0.1, 0.15) is 29.7 Å². The van der Waals surface area contributed by atoms with Crippen molar-refractivity contribution < 1.29 is 38.4 Å². The second-order valence-corrected chi connectivity index (χ2v) is 8.60. The van der Waals surface area contributed by atoms with Gasteiger partial charge in [0.05, 0.1) is 32.4 Å². The molecule has 1 aliphatic rings. The van der Waals surface area contributed by atoms with E-state index in [0.717, 1.165) is 5.56 Å². The number of phenolic OH excluding ortho intramolecular Hbond substituents is 1. The molecule has 4 rings (SSSR count). The maximum Gasteiger partial charge on any atom is 0.295 e. The molecule has 0 saturated carbocycles. The van der Waals surface area contributed by atoms with Crippen molar-refractivity contribution in [3.8, 4) is 23.0 Å². The summed E-state index contributed by atoms with van der Waals surface area (Å²) in [6.07, 6.45) is 0.344. The molecule has 1 amide bonds. The van der Waals surface area contributed by atoms with E-state index in [2.05, 4.69) is 0 Å². The van der Waals surface area contributed by atoms with Gasteiger partial charge in [-0.25, -0.2) is 4.39 Å². The number of phenols is 1. The number of carbonyl (C=O) groups excluding carboxylic acids is 2. The summed E-state index contributed by atoms with van der Waals surface area (Å²) in [6, 6.07) is 14.1. The second-order valence-electron chi connectivity index (χ2n) is 8.60. The topological polar surface area (TPSA) is 106 Å². The predicted molar refractivity (Wildman–Crippen MR) is 138 cm³/mol. The van der Waals surface area contributed by atoms with Crippen molar-refractivity contribution >= 4 is 17.4 Å². The zero-order valence-corrected chi connectivity index (χ0v) is 21.2. The standard InChI is InChI=1S/C29H28FNO7/c1-4-38-23-15-18(7-11-21(23)32)26-25(27(33)19-8-12-22(36-2)24(16-19)37-3)28(34)29(35)31(26)14-13-17-5-9-20(30)10-6-17/h5-12,15-16,26,32-33H,4,13-14H2,1-3H3/b27-25-. The lowest BCUT2D eigenvalue weighted by Gasteiger charge is -2.26. The molecule has 38 heavy (non-hydrogen) atoms. The number of carbonyl (C=O) groups is 2. The van der Waals surface area contributed by atoms with E-state index >= 15 is 0 Å². The van der Waals surface area contributed by atoms with Gasteiger partial charge in [0, 0.05) is 12.1 Å². The molecule has 1 heterocycles. The lowest BCUT2D eigenvalue weighted by molar-refractivity contribution is -0.139. The third-order valence-electron chi connectivity index (χ3n) is 6.35. The highest BCUT2D eigenvalue weighted by atomic mass is 19.1. The number of ketones is 1. The first-order chi connectivity index (χ1) is 18.3. The molecule has 1 atom stereocenters. The number of hydrogen-bond donors (Lipinski definition) is 2. The summed E-state index contributed by atoms with van der Waals surface area (Å²) in [7, 11) is 2.92. The van der Waals surface area contributed by atoms with Gasteiger partial charge < -0.3 is 29.3 Å². The van der Waals surface area contributed by atoms with E-state index < -0.39 is 17.7 Å². The van der Waals surface area contributed by atoms with Crippen molar-refractivity contribution in [1.82, 2.24) is 4.90 Å². The van der Waals surface area contributed by atoms with E-state index in [4.69, 9.17) is 14.2 Å². The Hall–Kier alpha value is -4.53. The Morgan fingerprint density at radius 3 is 2.32 bits per heavy atom. The van der Waals surface area contributed by atoms with Crippen LogP contribution in [-0.4, -0.2) is 54.2 Å². The van der Waals surface area contributed by atoms with E-state index in [-0.39, 0.29) is 47.4 Å². The van der Waals surface area contributed by atoms with Crippen LogP contribution in [0.3, 0.4) is 0 Å². The first kappa shape index (κ1) is 26.5. The van der Waals surface area contributed by atoms with Crippen LogP contribution >= 0.6 is 0 Å². The van der Waals surface area contributed by atoms with Gasteiger partial charge in [-0.15, -0.1) is 0 Å². The molecule has 3 aromatic carbocycles. The number of halogens is 1. The molecular weight excluding hydrogens is 493 g/mol. The van der Waals surface area contributed by atoms with Crippen LogP contribution in [-0.2, 0) is 16.0 Å². The Morgan fingerprint density at radius 2 is 1.66 bits per heavy atom. The Labute approximate surface area is 219 Å². The quantitative estimate of drug-likeness (QED) is 0.241. The first-order valence-corrected chi connectivity index (χ1v) is 12.0. The van der Waals surface area contributed by atoms with Crippen molar-refractivity contribution in [3.05, 3.63) is 88.7 Å². The van der Waals surface area contributed by atoms with Crippen LogP contribution in [0.5, 0.6) is 23.0 Å². The SMILES string of the molecule is CCOc1cc(C2/C(=C(/O)c3ccc(OC)c(OC)c3)C(=O)C(=O)N2CCc2ccc(F)cc2)ccc1O. The lowest BCUT2D eigenvalue weighted by Crippen LogP contribution is -2.31. The van der Waals surface area contributed by atoms with E-state index in [1.54, 1.807) is 43.3 Å². The molecular formula is C29H28FNO7. The fraction of sp³-hybridized carbons (Fsp3) is 0.241. The molecule has 0 radical (unpaired) electrons. The Balaban J connectivity index is 1.83. The highest BCUT2D eigenvalue weighted by Gasteiger charge is 2.46. The number of likely N-dealkylation sites (tertiary alicyclic amines) is 1. The predicted octanol–water partition coefficient (Wildman–Crippen LogP) is 4.61. The molecule has 0 spiro atoms. The van der Waals surface area contributed by atoms with Gasteiger partial charge in [0.25, 0.3) is 11.7 Å². The molecule has 1 aliphatic heterocycles. The van der Waals surface area contributed by atoms with E-state index in [1.165, 1.54) is 43.4 Å². The molecule has 3 aromatic rings. The Kier molecular flexibility index (Phi) is 7.85. The van der Waals surface area contributed by atoms with Crippen LogP contribution in [0.15, 0.2) is 66.2 Å². The molecule has 0 bridgehead atoms. The fourth-order valence-corrected chi connectivity index (χ4v) is 4.47. The van der Waals surface area contributed by atoms with Crippen molar-refractivity contribution in [2.75, 3.05) is 27.4 Å². The molecule has 1 saturated heterocycles. The van der Waals surface area contributed by atoms with E-state index in [9.17, 15) is 24.2 Å². The normalized spacial score (nSPS) is 16.5.